The van der Waals surface area contributed by atoms with Crippen molar-refractivity contribution >= 4 is 23.1 Å². The molecule has 0 aromatic carbocycles. The van der Waals surface area contributed by atoms with E-state index in [9.17, 15) is 0 Å². The Kier molecular flexibility index (Phi) is 4.63. The van der Waals surface area contributed by atoms with E-state index in [-0.39, 0.29) is 6.10 Å². The fourth-order valence-corrected chi connectivity index (χ4v) is 2.23. The molecule has 1 fully saturated rings. The maximum atomic E-state index is 5.85. The standard InChI is InChI=1S/C12H19ClN4O/c1-2-17-3-4-18-10(8-17)7-15-12-6-9(14)5-11(13)16-12/h5-6,10H,2-4,7-8H2,1H3,(H3,14,15,16). The van der Waals surface area contributed by atoms with E-state index in [1.165, 1.54) is 0 Å². The third-order valence-corrected chi connectivity index (χ3v) is 3.19. The minimum absolute atomic E-state index is 0.181. The first-order valence-corrected chi connectivity index (χ1v) is 6.56. The zero-order valence-electron chi connectivity index (χ0n) is 10.5. The van der Waals surface area contributed by atoms with Gasteiger partial charge < -0.3 is 15.8 Å². The highest BCUT2D eigenvalue weighted by atomic mass is 35.5. The molecule has 0 amide bonds. The minimum atomic E-state index is 0.181. The molecule has 1 unspecified atom stereocenters. The highest BCUT2D eigenvalue weighted by Gasteiger charge is 2.18. The van der Waals surface area contributed by atoms with Crippen LogP contribution in [0.15, 0.2) is 12.1 Å². The van der Waals surface area contributed by atoms with E-state index in [0.29, 0.717) is 23.2 Å². The van der Waals surface area contributed by atoms with E-state index in [1.54, 1.807) is 12.1 Å². The molecular formula is C12H19ClN4O. The van der Waals surface area contributed by atoms with Crippen LogP contribution in [0.25, 0.3) is 0 Å². The van der Waals surface area contributed by atoms with Gasteiger partial charge in [-0.3, -0.25) is 4.90 Å². The molecule has 1 aromatic heterocycles. The first kappa shape index (κ1) is 13.4. The van der Waals surface area contributed by atoms with Gasteiger partial charge in [-0.2, -0.15) is 0 Å². The highest BCUT2D eigenvalue weighted by Crippen LogP contribution is 2.16. The summed E-state index contributed by atoms with van der Waals surface area (Å²) in [5.74, 6) is 0.692. The third kappa shape index (κ3) is 3.73. The molecule has 0 aliphatic carbocycles. The summed E-state index contributed by atoms with van der Waals surface area (Å²) in [5, 5.41) is 3.61. The number of nitrogen functional groups attached to an aromatic ring is 1. The zero-order chi connectivity index (χ0) is 13.0. The number of nitrogens with one attached hydrogen (secondary N) is 1. The average molecular weight is 271 g/mol. The van der Waals surface area contributed by atoms with E-state index in [1.807, 2.05) is 0 Å². The summed E-state index contributed by atoms with van der Waals surface area (Å²) in [6.07, 6.45) is 0.181. The van der Waals surface area contributed by atoms with Crippen molar-refractivity contribution in [2.45, 2.75) is 13.0 Å². The second kappa shape index (κ2) is 6.22. The number of halogens is 1. The summed E-state index contributed by atoms with van der Waals surface area (Å²) in [5.41, 5.74) is 6.32. The number of aromatic nitrogens is 1. The van der Waals surface area contributed by atoms with Crippen molar-refractivity contribution in [3.8, 4) is 0 Å². The molecule has 1 aromatic rings. The number of anilines is 2. The molecular weight excluding hydrogens is 252 g/mol. The number of likely N-dealkylation sites (N-methyl/N-ethyl adjacent to an activating group) is 1. The summed E-state index contributed by atoms with van der Waals surface area (Å²) >= 11 is 5.85. The highest BCUT2D eigenvalue weighted by molar-refractivity contribution is 6.29. The third-order valence-electron chi connectivity index (χ3n) is 3.00. The van der Waals surface area contributed by atoms with Gasteiger partial charge in [0.15, 0.2) is 0 Å². The van der Waals surface area contributed by atoms with E-state index < -0.39 is 0 Å². The predicted molar refractivity (Wildman–Crippen MR) is 74.0 cm³/mol. The smallest absolute Gasteiger partial charge is 0.133 e. The van der Waals surface area contributed by atoms with Crippen molar-refractivity contribution in [1.82, 2.24) is 9.88 Å². The largest absolute Gasteiger partial charge is 0.399 e. The molecule has 2 rings (SSSR count). The zero-order valence-corrected chi connectivity index (χ0v) is 11.3. The summed E-state index contributed by atoms with van der Waals surface area (Å²) in [7, 11) is 0. The van der Waals surface area contributed by atoms with Gasteiger partial charge in [0.1, 0.15) is 11.0 Å². The topological polar surface area (TPSA) is 63.4 Å². The van der Waals surface area contributed by atoms with E-state index in [0.717, 1.165) is 26.2 Å². The van der Waals surface area contributed by atoms with Crippen LogP contribution in [0.1, 0.15) is 6.92 Å². The average Bonchev–Trinajstić information content (AvgIpc) is 2.35. The number of hydrogen-bond acceptors (Lipinski definition) is 5. The fraction of sp³-hybridized carbons (Fsp3) is 0.583. The Morgan fingerprint density at radius 3 is 3.17 bits per heavy atom. The van der Waals surface area contributed by atoms with Gasteiger partial charge in [0.2, 0.25) is 0 Å². The van der Waals surface area contributed by atoms with Crippen LogP contribution in [-0.2, 0) is 4.74 Å². The summed E-state index contributed by atoms with van der Waals surface area (Å²) < 4.78 is 5.70. The van der Waals surface area contributed by atoms with Gasteiger partial charge in [-0.1, -0.05) is 18.5 Å². The van der Waals surface area contributed by atoms with Gasteiger partial charge in [0.05, 0.1) is 12.7 Å². The fourth-order valence-electron chi connectivity index (χ4n) is 2.02. The first-order valence-electron chi connectivity index (χ1n) is 6.18. The van der Waals surface area contributed by atoms with Crippen LogP contribution in [0.5, 0.6) is 0 Å². The monoisotopic (exact) mass is 270 g/mol. The first-order chi connectivity index (χ1) is 8.67. The van der Waals surface area contributed by atoms with Crippen molar-refractivity contribution in [1.29, 1.82) is 0 Å². The molecule has 100 valence electrons. The summed E-state index contributed by atoms with van der Waals surface area (Å²) in [6.45, 7) is 6.67. The lowest BCUT2D eigenvalue weighted by atomic mass is 10.2. The molecule has 1 aliphatic heterocycles. The molecule has 18 heavy (non-hydrogen) atoms. The van der Waals surface area contributed by atoms with Gasteiger partial charge in [-0.05, 0) is 12.6 Å². The number of pyridine rings is 1. The van der Waals surface area contributed by atoms with E-state index >= 15 is 0 Å². The number of hydrogen-bond donors (Lipinski definition) is 2. The molecule has 1 saturated heterocycles. The molecule has 0 spiro atoms. The van der Waals surface area contributed by atoms with Crippen molar-refractivity contribution < 1.29 is 4.74 Å². The maximum Gasteiger partial charge on any atom is 0.133 e. The molecule has 6 heteroatoms. The Morgan fingerprint density at radius 2 is 2.44 bits per heavy atom. The van der Waals surface area contributed by atoms with E-state index in [2.05, 4.69) is 22.1 Å². The van der Waals surface area contributed by atoms with Crippen molar-refractivity contribution in [3.05, 3.63) is 17.3 Å². The normalized spacial score (nSPS) is 20.9. The molecule has 0 saturated carbocycles. The maximum absolute atomic E-state index is 5.85. The van der Waals surface area contributed by atoms with E-state index in [4.69, 9.17) is 22.1 Å². The summed E-state index contributed by atoms with van der Waals surface area (Å²) in [4.78, 5) is 6.53. The molecule has 1 atom stereocenters. The van der Waals surface area contributed by atoms with Crippen molar-refractivity contribution in [2.24, 2.45) is 0 Å². The minimum Gasteiger partial charge on any atom is -0.399 e. The Labute approximate surface area is 112 Å². The SMILES string of the molecule is CCN1CCOC(CNc2cc(N)cc(Cl)n2)C1. The van der Waals surface area contributed by atoms with Gasteiger partial charge in [-0.25, -0.2) is 4.98 Å². The molecule has 3 N–H and O–H groups in total. The van der Waals surface area contributed by atoms with Gasteiger partial charge >= 0.3 is 0 Å². The van der Waals surface area contributed by atoms with Gasteiger partial charge in [0.25, 0.3) is 0 Å². The molecule has 0 radical (unpaired) electrons. The van der Waals surface area contributed by atoms with Crippen LogP contribution in [0.3, 0.4) is 0 Å². The number of nitrogens with two attached hydrogens (primary N) is 1. The number of rotatable bonds is 4. The molecule has 0 bridgehead atoms. The van der Waals surface area contributed by atoms with Gasteiger partial charge in [-0.15, -0.1) is 0 Å². The van der Waals surface area contributed by atoms with Crippen molar-refractivity contribution in [3.63, 3.8) is 0 Å². The Hall–Kier alpha value is -1.04. The summed E-state index contributed by atoms with van der Waals surface area (Å²) in [6, 6.07) is 3.40. The van der Waals surface area contributed by atoms with Gasteiger partial charge in [0, 0.05) is 31.4 Å². The van der Waals surface area contributed by atoms with Crippen LogP contribution in [0.4, 0.5) is 11.5 Å². The predicted octanol–water partition coefficient (Wildman–Crippen LogP) is 1.45. The van der Waals surface area contributed by atoms with Crippen LogP contribution >= 0.6 is 11.6 Å². The lowest BCUT2D eigenvalue weighted by Crippen LogP contribution is -2.45. The van der Waals surface area contributed by atoms with Crippen LogP contribution in [0.2, 0.25) is 5.15 Å². The lowest BCUT2D eigenvalue weighted by Gasteiger charge is -2.32. The second-order valence-corrected chi connectivity index (χ2v) is 4.76. The lowest BCUT2D eigenvalue weighted by molar-refractivity contribution is -0.0192. The molecule has 1 aliphatic rings. The van der Waals surface area contributed by atoms with Crippen LogP contribution in [0, 0.1) is 0 Å². The quantitative estimate of drug-likeness (QED) is 0.811. The Bertz CT molecular complexity index is 381. The number of nitrogens with zero attached hydrogens (tertiary/aromatic N) is 2. The Morgan fingerprint density at radius 1 is 1.61 bits per heavy atom. The molecule has 2 heterocycles. The van der Waals surface area contributed by atoms with Crippen molar-refractivity contribution in [2.75, 3.05) is 43.8 Å². The second-order valence-electron chi connectivity index (χ2n) is 4.38. The number of ether oxygens (including phenoxy) is 1. The van der Waals surface area contributed by atoms with Crippen LogP contribution in [-0.4, -0.2) is 48.8 Å². The Balaban J connectivity index is 1.87. The number of morpholine rings is 1. The molecule has 5 nitrogen and oxygen atoms in total. The van der Waals surface area contributed by atoms with Crippen LogP contribution < -0.4 is 11.1 Å².